The van der Waals surface area contributed by atoms with Crippen molar-refractivity contribution in [3.63, 3.8) is 0 Å². The maximum absolute atomic E-state index is 13.4. The molecule has 2 aromatic rings. The van der Waals surface area contributed by atoms with Crippen LogP contribution in [0.3, 0.4) is 0 Å². The second-order valence-electron chi connectivity index (χ2n) is 8.04. The lowest BCUT2D eigenvalue weighted by Gasteiger charge is -2.32. The molecule has 0 bridgehead atoms. The number of benzene rings is 2. The van der Waals surface area contributed by atoms with Crippen LogP contribution in [0.15, 0.2) is 42.5 Å². The first-order valence-corrected chi connectivity index (χ1v) is 10.1. The van der Waals surface area contributed by atoms with Gasteiger partial charge in [-0.15, -0.1) is 0 Å². The van der Waals surface area contributed by atoms with Gasteiger partial charge >= 0.3 is 0 Å². The number of hydrogen-bond acceptors (Lipinski definition) is 6. The lowest BCUT2D eigenvalue weighted by atomic mass is 9.77. The number of ether oxygens (including phenoxy) is 2. The highest BCUT2D eigenvalue weighted by Gasteiger charge is 2.73. The van der Waals surface area contributed by atoms with E-state index < -0.39 is 17.5 Å². The molecule has 2 aromatic carbocycles. The highest BCUT2D eigenvalue weighted by Crippen LogP contribution is 2.58. The van der Waals surface area contributed by atoms with Crippen molar-refractivity contribution >= 4 is 11.6 Å². The predicted molar refractivity (Wildman–Crippen MR) is 110 cm³/mol. The van der Waals surface area contributed by atoms with Gasteiger partial charge in [-0.05, 0) is 36.6 Å². The average molecular weight is 409 g/mol. The number of nitrogens with zero attached hydrogens (tertiary/aromatic N) is 2. The average Bonchev–Trinajstić information content (AvgIpc) is 3.41. The van der Waals surface area contributed by atoms with Gasteiger partial charge in [-0.25, -0.2) is 0 Å². The van der Waals surface area contributed by atoms with Crippen LogP contribution < -0.4 is 14.8 Å². The molecule has 8 heteroatoms. The van der Waals surface area contributed by atoms with Crippen molar-refractivity contribution in [3.05, 3.63) is 63.7 Å². The Bertz CT molecular complexity index is 1040. The van der Waals surface area contributed by atoms with Gasteiger partial charge in [0.2, 0.25) is 0 Å². The Balaban J connectivity index is 1.73. The van der Waals surface area contributed by atoms with Crippen LogP contribution >= 0.6 is 0 Å². The second-order valence-corrected chi connectivity index (χ2v) is 8.04. The van der Waals surface area contributed by atoms with Crippen molar-refractivity contribution in [1.29, 1.82) is 0 Å². The monoisotopic (exact) mass is 409 g/mol. The summed E-state index contributed by atoms with van der Waals surface area (Å²) < 4.78 is 10.8. The Morgan fingerprint density at radius 2 is 1.93 bits per heavy atom. The van der Waals surface area contributed by atoms with E-state index in [1.165, 1.54) is 0 Å². The number of para-hydroxylation sites is 1. The first-order chi connectivity index (χ1) is 14.5. The summed E-state index contributed by atoms with van der Waals surface area (Å²) in [5, 5.41) is 15.5. The van der Waals surface area contributed by atoms with Crippen LogP contribution in [0.5, 0.6) is 11.5 Å². The molecule has 156 valence electrons. The number of hydrogen-bond donors (Lipinski definition) is 1. The lowest BCUT2D eigenvalue weighted by molar-refractivity contribution is -0.534. The van der Waals surface area contributed by atoms with E-state index in [4.69, 9.17) is 9.47 Å². The van der Waals surface area contributed by atoms with Crippen LogP contribution in [-0.2, 0) is 10.3 Å². The first-order valence-electron chi connectivity index (χ1n) is 10.1. The lowest BCUT2D eigenvalue weighted by Crippen LogP contribution is -2.55. The van der Waals surface area contributed by atoms with Crippen LogP contribution in [0.1, 0.15) is 29.9 Å². The molecule has 3 aliphatic heterocycles. The molecule has 2 fully saturated rings. The molecular weight excluding hydrogens is 386 g/mol. The molecule has 1 spiro atoms. The minimum atomic E-state index is -1.31. The molecule has 0 aromatic heterocycles. The molecule has 0 radical (unpaired) electrons. The fourth-order valence-corrected chi connectivity index (χ4v) is 5.84. The van der Waals surface area contributed by atoms with Gasteiger partial charge in [0.05, 0.1) is 20.1 Å². The Morgan fingerprint density at radius 3 is 2.67 bits per heavy atom. The molecule has 5 rings (SSSR count). The van der Waals surface area contributed by atoms with E-state index in [-0.39, 0.29) is 16.9 Å². The third-order valence-electron chi connectivity index (χ3n) is 6.89. The van der Waals surface area contributed by atoms with Gasteiger partial charge in [0.15, 0.2) is 17.0 Å². The van der Waals surface area contributed by atoms with Crippen molar-refractivity contribution < 1.29 is 19.2 Å². The Hall–Kier alpha value is -3.13. The number of carbonyl (C=O) groups excluding carboxylic acids is 1. The third kappa shape index (κ3) is 2.28. The minimum Gasteiger partial charge on any atom is -0.493 e. The summed E-state index contributed by atoms with van der Waals surface area (Å²) in [6, 6.07) is 11.6. The van der Waals surface area contributed by atoms with Crippen LogP contribution in [-0.4, -0.2) is 48.6 Å². The van der Waals surface area contributed by atoms with E-state index in [1.54, 1.807) is 20.3 Å². The van der Waals surface area contributed by atoms with E-state index in [9.17, 15) is 14.9 Å². The van der Waals surface area contributed by atoms with Gasteiger partial charge in [0.25, 0.3) is 11.9 Å². The summed E-state index contributed by atoms with van der Waals surface area (Å²) in [6.45, 7) is 0.653. The standard InChI is InChI=1S/C22H23N3O5/c1-29-17-10-9-13(12-18(17)30-2)19-16-8-5-11-24(16)22(20(19)25(27)28)14-6-3-4-7-15(14)23-21(22)26/h3-4,6-7,9-10,12,16,19-20H,5,8,11H2,1-2H3,(H,23,26)/t16-,19+,20+,22-/m0/s1. The third-order valence-corrected chi connectivity index (χ3v) is 6.89. The van der Waals surface area contributed by atoms with Crippen LogP contribution in [0.4, 0.5) is 5.69 Å². The number of rotatable bonds is 4. The molecule has 0 saturated carbocycles. The first kappa shape index (κ1) is 18.9. The topological polar surface area (TPSA) is 93.9 Å². The molecule has 4 atom stereocenters. The zero-order valence-electron chi connectivity index (χ0n) is 16.8. The predicted octanol–water partition coefficient (Wildman–Crippen LogP) is 2.76. The van der Waals surface area contributed by atoms with E-state index >= 15 is 0 Å². The van der Waals surface area contributed by atoms with Gasteiger partial charge < -0.3 is 14.8 Å². The smallest absolute Gasteiger partial charge is 0.256 e. The SMILES string of the molecule is COc1ccc([C@@H]2[C@@H]3CCCN3[C@]3(C(=O)Nc4ccccc43)[C@@H]2[N+](=O)[O-])cc1OC. The van der Waals surface area contributed by atoms with Gasteiger partial charge in [-0.3, -0.25) is 19.8 Å². The summed E-state index contributed by atoms with van der Waals surface area (Å²) in [5.41, 5.74) is 0.846. The molecule has 2 saturated heterocycles. The zero-order chi connectivity index (χ0) is 21.0. The Kier molecular flexibility index (Phi) is 4.21. The number of nitrogens with one attached hydrogen (secondary N) is 1. The van der Waals surface area contributed by atoms with E-state index in [0.717, 1.165) is 18.4 Å². The van der Waals surface area contributed by atoms with Gasteiger partial charge in [0, 0.05) is 28.8 Å². The van der Waals surface area contributed by atoms with Crippen LogP contribution in [0.2, 0.25) is 0 Å². The second kappa shape index (κ2) is 6.70. The van der Waals surface area contributed by atoms with E-state index in [2.05, 4.69) is 10.2 Å². The number of nitro groups is 1. The van der Waals surface area contributed by atoms with Crippen LogP contribution in [0, 0.1) is 10.1 Å². The molecule has 1 N–H and O–H groups in total. The molecule has 8 nitrogen and oxygen atoms in total. The van der Waals surface area contributed by atoms with Crippen molar-refractivity contribution in [3.8, 4) is 11.5 Å². The highest BCUT2D eigenvalue weighted by molar-refractivity contribution is 6.07. The van der Waals surface area contributed by atoms with E-state index in [0.29, 0.717) is 29.3 Å². The quantitative estimate of drug-likeness (QED) is 0.617. The molecule has 1 amide bonds. The maximum atomic E-state index is 13.4. The molecule has 30 heavy (non-hydrogen) atoms. The van der Waals surface area contributed by atoms with Gasteiger partial charge in [0.1, 0.15) is 0 Å². The normalized spacial score (nSPS) is 29.5. The number of fused-ring (bicyclic) bond motifs is 4. The summed E-state index contributed by atoms with van der Waals surface area (Å²) in [4.78, 5) is 27.8. The maximum Gasteiger partial charge on any atom is 0.256 e. The van der Waals surface area contributed by atoms with Crippen molar-refractivity contribution in [2.45, 2.75) is 36.4 Å². The highest BCUT2D eigenvalue weighted by atomic mass is 16.6. The minimum absolute atomic E-state index is 0.101. The number of methoxy groups -OCH3 is 2. The fraction of sp³-hybridized carbons (Fsp3) is 0.409. The van der Waals surface area contributed by atoms with Crippen LogP contribution in [0.25, 0.3) is 0 Å². The van der Waals surface area contributed by atoms with Gasteiger partial charge in [-0.2, -0.15) is 0 Å². The Labute approximate surface area is 173 Å². The fourth-order valence-electron chi connectivity index (χ4n) is 5.84. The summed E-state index contributed by atoms with van der Waals surface area (Å²) in [5.74, 6) is 0.345. The van der Waals surface area contributed by atoms with E-state index in [1.807, 2.05) is 36.4 Å². The van der Waals surface area contributed by atoms with Gasteiger partial charge in [-0.1, -0.05) is 24.3 Å². The number of carbonyl (C=O) groups is 1. The molecule has 3 aliphatic rings. The molecule has 0 unspecified atom stereocenters. The molecule has 0 aliphatic carbocycles. The Morgan fingerprint density at radius 1 is 1.17 bits per heavy atom. The summed E-state index contributed by atoms with van der Waals surface area (Å²) in [6.07, 6.45) is 1.70. The van der Waals surface area contributed by atoms with Crippen molar-refractivity contribution in [2.75, 3.05) is 26.1 Å². The van der Waals surface area contributed by atoms with Crippen molar-refractivity contribution in [2.24, 2.45) is 0 Å². The van der Waals surface area contributed by atoms with Crippen molar-refractivity contribution in [1.82, 2.24) is 4.90 Å². The molecular formula is C22H23N3O5. The number of anilines is 1. The summed E-state index contributed by atoms with van der Waals surface area (Å²) in [7, 11) is 3.10. The largest absolute Gasteiger partial charge is 0.493 e. The number of amides is 1. The summed E-state index contributed by atoms with van der Waals surface area (Å²) >= 11 is 0. The molecule has 3 heterocycles. The zero-order valence-corrected chi connectivity index (χ0v) is 16.8.